The van der Waals surface area contributed by atoms with Gasteiger partial charge in [-0.05, 0) is 17.7 Å². The van der Waals surface area contributed by atoms with Crippen molar-refractivity contribution in [2.24, 2.45) is 4.99 Å². The van der Waals surface area contributed by atoms with Gasteiger partial charge >= 0.3 is 6.18 Å². The fourth-order valence-electron chi connectivity index (χ4n) is 0.785. The first-order valence-corrected chi connectivity index (χ1v) is 4.70. The minimum absolute atomic E-state index is 0.505. The topological polar surface area (TPSA) is 12.4 Å². The smallest absolute Gasteiger partial charge is 0.264 e. The summed E-state index contributed by atoms with van der Waals surface area (Å²) in [7, 11) is 0. The van der Waals surface area contributed by atoms with Crippen LogP contribution in [0.15, 0.2) is 29.3 Å². The summed E-state index contributed by atoms with van der Waals surface area (Å²) in [6.45, 7) is 0. The number of alkyl halides is 4. The summed E-state index contributed by atoms with van der Waals surface area (Å²) in [5.41, 5.74) is -1.71. The van der Waals surface area contributed by atoms with Crippen molar-refractivity contribution in [3.63, 3.8) is 0 Å². The van der Waals surface area contributed by atoms with Crippen LogP contribution in [0.4, 0.5) is 13.2 Å². The van der Waals surface area contributed by atoms with Crippen molar-refractivity contribution in [3.8, 4) is 0 Å². The summed E-state index contributed by atoms with van der Waals surface area (Å²) in [4.78, 5) is 3.17. The molecular formula is C9H6Cl2F3N. The summed E-state index contributed by atoms with van der Waals surface area (Å²) in [5, 5.41) is 0.505. The highest BCUT2D eigenvalue weighted by Crippen LogP contribution is 2.25. The number of benzene rings is 1. The maximum absolute atomic E-state index is 11.9. The molecule has 15 heavy (non-hydrogen) atoms. The quantitative estimate of drug-likeness (QED) is 0.432. The van der Waals surface area contributed by atoms with Crippen molar-refractivity contribution in [2.75, 3.05) is 0 Å². The molecule has 1 unspecified atom stereocenters. The van der Waals surface area contributed by atoms with E-state index in [1.54, 1.807) is 24.3 Å². The standard InChI is InChI=1S/C9H6Cl2F3N/c10-7-3-1-6(2-4-7)5-15-8(11)9(12,13)14/h1-5,8H/b15-5+. The molecule has 0 heterocycles. The maximum atomic E-state index is 11.9. The molecule has 0 radical (unpaired) electrons. The van der Waals surface area contributed by atoms with Gasteiger partial charge in [-0.15, -0.1) is 0 Å². The van der Waals surface area contributed by atoms with E-state index in [1.807, 2.05) is 0 Å². The molecule has 0 amide bonds. The van der Waals surface area contributed by atoms with Crippen LogP contribution in [0.25, 0.3) is 0 Å². The number of aliphatic imine (C=N–C) groups is 1. The second-order valence-corrected chi connectivity index (χ2v) is 3.56. The van der Waals surface area contributed by atoms with Gasteiger partial charge in [0.2, 0.25) is 5.50 Å². The molecule has 0 saturated carbocycles. The number of hydrogen-bond acceptors (Lipinski definition) is 1. The molecule has 1 nitrogen and oxygen atoms in total. The predicted molar refractivity (Wildman–Crippen MR) is 54.7 cm³/mol. The summed E-state index contributed by atoms with van der Waals surface area (Å²) < 4.78 is 35.8. The molecule has 0 aromatic heterocycles. The van der Waals surface area contributed by atoms with Crippen LogP contribution in [-0.2, 0) is 0 Å². The minimum Gasteiger partial charge on any atom is -0.264 e. The Morgan fingerprint density at radius 2 is 1.73 bits per heavy atom. The number of halogens is 5. The zero-order chi connectivity index (χ0) is 11.5. The van der Waals surface area contributed by atoms with E-state index in [-0.39, 0.29) is 0 Å². The third-order valence-electron chi connectivity index (χ3n) is 1.49. The highest BCUT2D eigenvalue weighted by molar-refractivity contribution is 6.30. The number of rotatable bonds is 2. The van der Waals surface area contributed by atoms with Crippen molar-refractivity contribution < 1.29 is 13.2 Å². The van der Waals surface area contributed by atoms with Crippen LogP contribution >= 0.6 is 23.2 Å². The molecule has 82 valence electrons. The van der Waals surface area contributed by atoms with Gasteiger partial charge in [0.1, 0.15) is 0 Å². The van der Waals surface area contributed by atoms with Gasteiger partial charge < -0.3 is 0 Å². The molecule has 0 aliphatic carbocycles. The summed E-state index contributed by atoms with van der Waals surface area (Å²) in [6.07, 6.45) is -3.47. The van der Waals surface area contributed by atoms with E-state index in [0.717, 1.165) is 6.21 Å². The van der Waals surface area contributed by atoms with Crippen molar-refractivity contribution in [1.29, 1.82) is 0 Å². The second-order valence-electron chi connectivity index (χ2n) is 2.71. The van der Waals surface area contributed by atoms with Gasteiger partial charge in [0, 0.05) is 11.2 Å². The van der Waals surface area contributed by atoms with Crippen LogP contribution in [0.5, 0.6) is 0 Å². The van der Waals surface area contributed by atoms with Crippen LogP contribution < -0.4 is 0 Å². The highest BCUT2D eigenvalue weighted by Gasteiger charge is 2.37. The highest BCUT2D eigenvalue weighted by atomic mass is 35.5. The normalized spacial score (nSPS) is 14.5. The zero-order valence-electron chi connectivity index (χ0n) is 7.30. The lowest BCUT2D eigenvalue weighted by Gasteiger charge is -2.07. The average Bonchev–Trinajstić information content (AvgIpc) is 2.15. The van der Waals surface area contributed by atoms with E-state index in [2.05, 4.69) is 4.99 Å². The Morgan fingerprint density at radius 1 is 1.20 bits per heavy atom. The first-order valence-electron chi connectivity index (χ1n) is 3.89. The van der Waals surface area contributed by atoms with Gasteiger partial charge in [0.05, 0.1) is 0 Å². The molecule has 1 aromatic carbocycles. The van der Waals surface area contributed by atoms with Gasteiger partial charge in [0.15, 0.2) is 0 Å². The monoisotopic (exact) mass is 255 g/mol. The molecule has 0 N–H and O–H groups in total. The van der Waals surface area contributed by atoms with Crippen molar-refractivity contribution >= 4 is 29.4 Å². The van der Waals surface area contributed by atoms with Gasteiger partial charge in [0.25, 0.3) is 0 Å². The third kappa shape index (κ3) is 4.10. The van der Waals surface area contributed by atoms with E-state index in [9.17, 15) is 13.2 Å². The summed E-state index contributed by atoms with van der Waals surface area (Å²) in [6, 6.07) is 6.21. The number of hydrogen-bond donors (Lipinski definition) is 0. The Kier molecular flexibility index (Phi) is 3.99. The van der Waals surface area contributed by atoms with Crippen molar-refractivity contribution in [1.82, 2.24) is 0 Å². The van der Waals surface area contributed by atoms with E-state index >= 15 is 0 Å². The molecule has 0 fully saturated rings. The molecule has 0 aliphatic heterocycles. The largest absolute Gasteiger partial charge is 0.424 e. The van der Waals surface area contributed by atoms with Crippen LogP contribution in [0, 0.1) is 0 Å². The SMILES string of the molecule is FC(F)(F)C(Cl)/N=C/c1ccc(Cl)cc1. The summed E-state index contributed by atoms with van der Waals surface area (Å²) >= 11 is 10.6. The Labute approximate surface area is 94.5 Å². The van der Waals surface area contributed by atoms with Gasteiger partial charge in [-0.2, -0.15) is 13.2 Å². The molecular weight excluding hydrogens is 250 g/mol. The first-order chi connectivity index (χ1) is 6.89. The van der Waals surface area contributed by atoms with E-state index < -0.39 is 11.7 Å². The molecule has 1 atom stereocenters. The minimum atomic E-state index is -4.52. The Hall–Kier alpha value is -0.740. The fourth-order valence-corrected chi connectivity index (χ4v) is 0.967. The lowest BCUT2D eigenvalue weighted by atomic mass is 10.2. The Bertz CT molecular complexity index is 345. The van der Waals surface area contributed by atoms with E-state index in [0.29, 0.717) is 10.6 Å². The molecule has 0 saturated heterocycles. The molecule has 6 heteroatoms. The average molecular weight is 256 g/mol. The van der Waals surface area contributed by atoms with Gasteiger partial charge in [-0.1, -0.05) is 35.3 Å². The Morgan fingerprint density at radius 3 is 2.20 bits per heavy atom. The molecule has 0 bridgehead atoms. The van der Waals surface area contributed by atoms with E-state index in [4.69, 9.17) is 23.2 Å². The lowest BCUT2D eigenvalue weighted by molar-refractivity contribution is -0.128. The molecule has 1 rings (SSSR count). The van der Waals surface area contributed by atoms with Crippen LogP contribution in [0.1, 0.15) is 5.56 Å². The van der Waals surface area contributed by atoms with Gasteiger partial charge in [-0.25, -0.2) is 0 Å². The Balaban J connectivity index is 2.70. The molecule has 0 spiro atoms. The molecule has 1 aromatic rings. The third-order valence-corrected chi connectivity index (χ3v) is 2.11. The van der Waals surface area contributed by atoms with Crippen molar-refractivity contribution in [3.05, 3.63) is 34.9 Å². The van der Waals surface area contributed by atoms with Crippen molar-refractivity contribution in [2.45, 2.75) is 11.7 Å². The van der Waals surface area contributed by atoms with E-state index in [1.165, 1.54) is 0 Å². The van der Waals surface area contributed by atoms with Crippen LogP contribution in [0.3, 0.4) is 0 Å². The summed E-state index contributed by atoms with van der Waals surface area (Å²) in [5.74, 6) is 0. The first kappa shape index (κ1) is 12.3. The van der Waals surface area contributed by atoms with Gasteiger partial charge in [-0.3, -0.25) is 4.99 Å². The second kappa shape index (κ2) is 4.86. The zero-order valence-corrected chi connectivity index (χ0v) is 8.81. The van der Waals surface area contributed by atoms with Crippen LogP contribution in [0.2, 0.25) is 5.02 Å². The maximum Gasteiger partial charge on any atom is 0.424 e. The molecule has 0 aliphatic rings. The fraction of sp³-hybridized carbons (Fsp3) is 0.222. The lowest BCUT2D eigenvalue weighted by Crippen LogP contribution is -2.21. The predicted octanol–water partition coefficient (Wildman–Crippen LogP) is 3.89. The number of nitrogens with zero attached hydrogens (tertiary/aromatic N) is 1. The van der Waals surface area contributed by atoms with Crippen LogP contribution in [-0.4, -0.2) is 17.9 Å².